The molecular formula is C13H15ClN2O. The summed E-state index contributed by atoms with van der Waals surface area (Å²) in [6.07, 6.45) is 2.52. The Morgan fingerprint density at radius 1 is 1.41 bits per heavy atom. The van der Waals surface area contributed by atoms with Crippen molar-refractivity contribution >= 4 is 11.6 Å². The third kappa shape index (κ3) is 2.87. The molecule has 17 heavy (non-hydrogen) atoms. The summed E-state index contributed by atoms with van der Waals surface area (Å²) < 4.78 is 5.45. The summed E-state index contributed by atoms with van der Waals surface area (Å²) in [4.78, 5) is 4.44. The average molecular weight is 251 g/mol. The number of hydrogen-bond acceptors (Lipinski definition) is 3. The highest BCUT2D eigenvalue weighted by Crippen LogP contribution is 2.26. The van der Waals surface area contributed by atoms with Gasteiger partial charge in [0.25, 0.3) is 0 Å². The minimum absolute atomic E-state index is 0.374. The highest BCUT2D eigenvalue weighted by molar-refractivity contribution is 6.33. The van der Waals surface area contributed by atoms with Gasteiger partial charge in [-0.2, -0.15) is 0 Å². The molecule has 1 aromatic carbocycles. The number of halogens is 1. The predicted octanol–water partition coefficient (Wildman–Crippen LogP) is 3.15. The van der Waals surface area contributed by atoms with Gasteiger partial charge in [0.05, 0.1) is 16.3 Å². The van der Waals surface area contributed by atoms with Crippen LogP contribution in [0.25, 0.3) is 11.5 Å². The molecule has 1 aromatic heterocycles. The van der Waals surface area contributed by atoms with Crippen LogP contribution in [0.5, 0.6) is 0 Å². The van der Waals surface area contributed by atoms with Crippen molar-refractivity contribution in [2.75, 3.05) is 7.05 Å². The molecular weight excluding hydrogens is 236 g/mol. The topological polar surface area (TPSA) is 38.1 Å². The van der Waals surface area contributed by atoms with Crippen LogP contribution in [0.3, 0.4) is 0 Å². The Morgan fingerprint density at radius 3 is 2.88 bits per heavy atom. The molecule has 1 heterocycles. The molecule has 0 aliphatic carbocycles. The number of oxazole rings is 1. The van der Waals surface area contributed by atoms with Crippen LogP contribution in [0.15, 0.2) is 34.9 Å². The Bertz CT molecular complexity index is 496. The van der Waals surface area contributed by atoms with E-state index in [-0.39, 0.29) is 0 Å². The van der Waals surface area contributed by atoms with E-state index in [4.69, 9.17) is 16.0 Å². The molecule has 2 rings (SSSR count). The molecule has 1 atom stereocenters. The highest BCUT2D eigenvalue weighted by Gasteiger charge is 2.11. The Morgan fingerprint density at radius 2 is 2.18 bits per heavy atom. The molecule has 4 heteroatoms. The summed E-state index contributed by atoms with van der Waals surface area (Å²) in [5.41, 5.74) is 1.76. The second kappa shape index (κ2) is 5.34. The predicted molar refractivity (Wildman–Crippen MR) is 69.2 cm³/mol. The highest BCUT2D eigenvalue weighted by atomic mass is 35.5. The Balaban J connectivity index is 2.21. The lowest BCUT2D eigenvalue weighted by Crippen LogP contribution is -2.23. The van der Waals surface area contributed by atoms with E-state index in [0.717, 1.165) is 17.7 Å². The van der Waals surface area contributed by atoms with E-state index in [9.17, 15) is 0 Å². The molecule has 0 saturated heterocycles. The van der Waals surface area contributed by atoms with Gasteiger partial charge in [0.2, 0.25) is 5.89 Å². The van der Waals surface area contributed by atoms with Gasteiger partial charge in [0.1, 0.15) is 6.26 Å². The van der Waals surface area contributed by atoms with Crippen LogP contribution < -0.4 is 5.32 Å². The number of nitrogens with zero attached hydrogens (tertiary/aromatic N) is 1. The standard InChI is InChI=1S/C13H15ClN2O/c1-9(15-2)7-10-8-17-13(16-10)11-5-3-4-6-12(11)14/h3-6,8-9,15H,7H2,1-2H3. The third-order valence-electron chi connectivity index (χ3n) is 2.66. The molecule has 0 aliphatic rings. The molecule has 0 spiro atoms. The zero-order valence-electron chi connectivity index (χ0n) is 9.90. The third-order valence-corrected chi connectivity index (χ3v) is 2.99. The van der Waals surface area contributed by atoms with Gasteiger partial charge < -0.3 is 9.73 Å². The van der Waals surface area contributed by atoms with Crippen molar-refractivity contribution in [3.63, 3.8) is 0 Å². The average Bonchev–Trinajstić information content (AvgIpc) is 2.78. The van der Waals surface area contributed by atoms with Crippen LogP contribution in [0.2, 0.25) is 5.02 Å². The first-order valence-corrected chi connectivity index (χ1v) is 5.95. The molecule has 0 radical (unpaired) electrons. The van der Waals surface area contributed by atoms with E-state index in [0.29, 0.717) is 17.0 Å². The Hall–Kier alpha value is -1.32. The molecule has 90 valence electrons. The lowest BCUT2D eigenvalue weighted by molar-refractivity contribution is 0.565. The van der Waals surface area contributed by atoms with Crippen molar-refractivity contribution in [2.24, 2.45) is 0 Å². The van der Waals surface area contributed by atoms with E-state index in [1.165, 1.54) is 0 Å². The lowest BCUT2D eigenvalue weighted by atomic mass is 10.2. The minimum atomic E-state index is 0.374. The molecule has 0 bridgehead atoms. The van der Waals surface area contributed by atoms with Crippen LogP contribution >= 0.6 is 11.6 Å². The van der Waals surface area contributed by atoms with Gasteiger partial charge in [-0.25, -0.2) is 4.98 Å². The summed E-state index contributed by atoms with van der Waals surface area (Å²) in [7, 11) is 1.93. The fourth-order valence-corrected chi connectivity index (χ4v) is 1.79. The van der Waals surface area contributed by atoms with Gasteiger partial charge in [-0.15, -0.1) is 0 Å². The van der Waals surface area contributed by atoms with E-state index in [2.05, 4.69) is 17.2 Å². The number of benzene rings is 1. The molecule has 0 saturated carbocycles. The fraction of sp³-hybridized carbons (Fsp3) is 0.308. The largest absolute Gasteiger partial charge is 0.444 e. The molecule has 0 aliphatic heterocycles. The normalized spacial score (nSPS) is 12.6. The second-order valence-corrected chi connectivity index (χ2v) is 4.42. The maximum Gasteiger partial charge on any atom is 0.227 e. The van der Waals surface area contributed by atoms with Gasteiger partial charge in [-0.1, -0.05) is 23.7 Å². The molecule has 3 nitrogen and oxygen atoms in total. The van der Waals surface area contributed by atoms with Gasteiger partial charge >= 0.3 is 0 Å². The van der Waals surface area contributed by atoms with Crippen LogP contribution in [0.4, 0.5) is 0 Å². The summed E-state index contributed by atoms with van der Waals surface area (Å²) >= 11 is 6.09. The van der Waals surface area contributed by atoms with Gasteiger partial charge in [-0.3, -0.25) is 0 Å². The van der Waals surface area contributed by atoms with Crippen molar-refractivity contribution in [1.29, 1.82) is 0 Å². The van der Waals surface area contributed by atoms with E-state index >= 15 is 0 Å². The zero-order chi connectivity index (χ0) is 12.3. The minimum Gasteiger partial charge on any atom is -0.444 e. The number of nitrogens with one attached hydrogen (secondary N) is 1. The molecule has 0 fully saturated rings. The Kier molecular flexibility index (Phi) is 3.82. The number of aromatic nitrogens is 1. The van der Waals surface area contributed by atoms with Crippen molar-refractivity contribution in [1.82, 2.24) is 10.3 Å². The number of rotatable bonds is 4. The van der Waals surface area contributed by atoms with Crippen LogP contribution in [0.1, 0.15) is 12.6 Å². The van der Waals surface area contributed by atoms with Crippen LogP contribution in [0, 0.1) is 0 Å². The van der Waals surface area contributed by atoms with Gasteiger partial charge in [-0.05, 0) is 26.1 Å². The molecule has 1 N–H and O–H groups in total. The van der Waals surface area contributed by atoms with Crippen LogP contribution in [-0.4, -0.2) is 18.1 Å². The zero-order valence-corrected chi connectivity index (χ0v) is 10.7. The maximum atomic E-state index is 6.09. The fourth-order valence-electron chi connectivity index (χ4n) is 1.57. The summed E-state index contributed by atoms with van der Waals surface area (Å²) in [6.45, 7) is 2.10. The SMILES string of the molecule is CNC(C)Cc1coc(-c2ccccc2Cl)n1. The molecule has 0 amide bonds. The lowest BCUT2D eigenvalue weighted by Gasteiger charge is -2.05. The first kappa shape index (κ1) is 12.1. The van der Waals surface area contributed by atoms with Gasteiger partial charge in [0.15, 0.2) is 0 Å². The smallest absolute Gasteiger partial charge is 0.227 e. The van der Waals surface area contributed by atoms with Crippen molar-refractivity contribution < 1.29 is 4.42 Å². The summed E-state index contributed by atoms with van der Waals surface area (Å²) in [6, 6.07) is 7.91. The monoisotopic (exact) mass is 250 g/mol. The Labute approximate surface area is 106 Å². The van der Waals surface area contributed by atoms with E-state index in [1.807, 2.05) is 31.3 Å². The summed E-state index contributed by atoms with van der Waals surface area (Å²) in [5, 5.41) is 3.82. The maximum absolute atomic E-state index is 6.09. The van der Waals surface area contributed by atoms with E-state index in [1.54, 1.807) is 6.26 Å². The molecule has 1 unspecified atom stereocenters. The van der Waals surface area contributed by atoms with Gasteiger partial charge in [0, 0.05) is 12.5 Å². The number of likely N-dealkylation sites (N-methyl/N-ethyl adjacent to an activating group) is 1. The number of hydrogen-bond donors (Lipinski definition) is 1. The summed E-state index contributed by atoms with van der Waals surface area (Å²) in [5.74, 6) is 0.578. The van der Waals surface area contributed by atoms with Crippen molar-refractivity contribution in [3.05, 3.63) is 41.2 Å². The van der Waals surface area contributed by atoms with Crippen molar-refractivity contribution in [3.8, 4) is 11.5 Å². The first-order valence-electron chi connectivity index (χ1n) is 5.57. The second-order valence-electron chi connectivity index (χ2n) is 4.02. The first-order chi connectivity index (χ1) is 8.20. The molecule has 2 aromatic rings. The van der Waals surface area contributed by atoms with Crippen molar-refractivity contribution in [2.45, 2.75) is 19.4 Å². The quantitative estimate of drug-likeness (QED) is 0.906. The van der Waals surface area contributed by atoms with Crippen LogP contribution in [-0.2, 0) is 6.42 Å². The van der Waals surface area contributed by atoms with E-state index < -0.39 is 0 Å².